The van der Waals surface area contributed by atoms with Crippen molar-refractivity contribution in [2.45, 2.75) is 13.5 Å². The monoisotopic (exact) mass is 235 g/mol. The zero-order chi connectivity index (χ0) is 11.4. The summed E-state index contributed by atoms with van der Waals surface area (Å²) in [5, 5.41) is 12.5. The van der Waals surface area contributed by atoms with Crippen LogP contribution < -0.4 is 10.1 Å². The Balaban J connectivity index is 2.05. The van der Waals surface area contributed by atoms with Gasteiger partial charge in [0.1, 0.15) is 10.8 Å². The lowest BCUT2D eigenvalue weighted by Gasteiger charge is -2.00. The maximum atomic E-state index is 5.58. The molecule has 2 aromatic rings. The summed E-state index contributed by atoms with van der Waals surface area (Å²) in [5.74, 6) is 0.790. The molecule has 16 heavy (non-hydrogen) atoms. The molecule has 5 heteroatoms. The van der Waals surface area contributed by atoms with E-state index in [1.165, 1.54) is 16.9 Å². The zero-order valence-corrected chi connectivity index (χ0v) is 10.0. The number of ether oxygens (including phenoxy) is 1. The van der Waals surface area contributed by atoms with E-state index in [4.69, 9.17) is 4.74 Å². The van der Waals surface area contributed by atoms with Crippen molar-refractivity contribution in [3.63, 3.8) is 0 Å². The molecule has 1 heterocycles. The molecule has 0 saturated heterocycles. The molecule has 0 bridgehead atoms. The SMILES string of the molecule is CNCc1nnc(Oc2ccc(C)cc2)s1. The van der Waals surface area contributed by atoms with Crippen LogP contribution in [0.5, 0.6) is 10.9 Å². The second-order valence-electron chi connectivity index (χ2n) is 3.41. The summed E-state index contributed by atoms with van der Waals surface area (Å²) in [4.78, 5) is 0. The molecule has 0 fully saturated rings. The number of nitrogens with zero attached hydrogens (tertiary/aromatic N) is 2. The van der Waals surface area contributed by atoms with Crippen LogP contribution in [-0.2, 0) is 6.54 Å². The van der Waals surface area contributed by atoms with Gasteiger partial charge < -0.3 is 10.1 Å². The van der Waals surface area contributed by atoms with Gasteiger partial charge in [0.15, 0.2) is 0 Å². The van der Waals surface area contributed by atoms with Gasteiger partial charge in [-0.2, -0.15) is 0 Å². The highest BCUT2D eigenvalue weighted by Crippen LogP contribution is 2.24. The first-order valence-electron chi connectivity index (χ1n) is 4.99. The third-order valence-electron chi connectivity index (χ3n) is 2.00. The second kappa shape index (κ2) is 5.05. The van der Waals surface area contributed by atoms with Gasteiger partial charge in [0.05, 0.1) is 0 Å². The number of hydrogen-bond donors (Lipinski definition) is 1. The second-order valence-corrected chi connectivity index (χ2v) is 4.43. The summed E-state index contributed by atoms with van der Waals surface area (Å²) in [6.45, 7) is 2.76. The van der Waals surface area contributed by atoms with Crippen molar-refractivity contribution in [3.05, 3.63) is 34.8 Å². The highest BCUT2D eigenvalue weighted by Gasteiger charge is 2.05. The van der Waals surface area contributed by atoms with E-state index in [0.29, 0.717) is 5.19 Å². The quantitative estimate of drug-likeness (QED) is 0.883. The highest BCUT2D eigenvalue weighted by atomic mass is 32.1. The van der Waals surface area contributed by atoms with E-state index in [1.807, 2.05) is 38.2 Å². The van der Waals surface area contributed by atoms with Gasteiger partial charge in [-0.15, -0.1) is 5.10 Å². The maximum Gasteiger partial charge on any atom is 0.299 e. The molecule has 4 nitrogen and oxygen atoms in total. The molecule has 84 valence electrons. The van der Waals surface area contributed by atoms with E-state index in [0.717, 1.165) is 17.3 Å². The topological polar surface area (TPSA) is 47.0 Å². The fraction of sp³-hybridized carbons (Fsp3) is 0.273. The summed E-state index contributed by atoms with van der Waals surface area (Å²) in [6.07, 6.45) is 0. The Bertz CT molecular complexity index is 453. The van der Waals surface area contributed by atoms with Crippen molar-refractivity contribution < 1.29 is 4.74 Å². The molecule has 0 unspecified atom stereocenters. The number of nitrogens with one attached hydrogen (secondary N) is 1. The van der Waals surface area contributed by atoms with Crippen LogP contribution in [0.15, 0.2) is 24.3 Å². The van der Waals surface area contributed by atoms with Crippen LogP contribution in [-0.4, -0.2) is 17.2 Å². The average molecular weight is 235 g/mol. The Morgan fingerprint density at radius 3 is 2.69 bits per heavy atom. The predicted molar refractivity (Wildman–Crippen MR) is 63.9 cm³/mol. The van der Waals surface area contributed by atoms with E-state index in [2.05, 4.69) is 15.5 Å². The van der Waals surface area contributed by atoms with Crippen LogP contribution in [0.3, 0.4) is 0 Å². The van der Waals surface area contributed by atoms with E-state index < -0.39 is 0 Å². The minimum Gasteiger partial charge on any atom is -0.430 e. The van der Waals surface area contributed by atoms with Crippen LogP contribution in [0.25, 0.3) is 0 Å². The van der Waals surface area contributed by atoms with Crippen molar-refractivity contribution in [2.75, 3.05) is 7.05 Å². The molecule has 0 amide bonds. The first kappa shape index (κ1) is 11.0. The van der Waals surface area contributed by atoms with Crippen LogP contribution in [0.4, 0.5) is 0 Å². The van der Waals surface area contributed by atoms with Crippen molar-refractivity contribution in [2.24, 2.45) is 0 Å². The Morgan fingerprint density at radius 1 is 1.25 bits per heavy atom. The lowest BCUT2D eigenvalue weighted by molar-refractivity contribution is 0.473. The maximum absolute atomic E-state index is 5.58. The van der Waals surface area contributed by atoms with Gasteiger partial charge in [-0.1, -0.05) is 34.1 Å². The Morgan fingerprint density at radius 2 is 2.00 bits per heavy atom. The highest BCUT2D eigenvalue weighted by molar-refractivity contribution is 7.13. The van der Waals surface area contributed by atoms with Crippen molar-refractivity contribution in [1.82, 2.24) is 15.5 Å². The minimum absolute atomic E-state index is 0.578. The van der Waals surface area contributed by atoms with Gasteiger partial charge in [0.2, 0.25) is 0 Å². The molecule has 1 N–H and O–H groups in total. The molecule has 2 rings (SSSR count). The van der Waals surface area contributed by atoms with E-state index in [1.54, 1.807) is 0 Å². The molecule has 0 spiro atoms. The van der Waals surface area contributed by atoms with Crippen molar-refractivity contribution in [1.29, 1.82) is 0 Å². The minimum atomic E-state index is 0.578. The van der Waals surface area contributed by atoms with Gasteiger partial charge in [0.25, 0.3) is 5.19 Å². The lowest BCUT2D eigenvalue weighted by Crippen LogP contribution is -2.04. The van der Waals surface area contributed by atoms with E-state index in [9.17, 15) is 0 Å². The van der Waals surface area contributed by atoms with E-state index >= 15 is 0 Å². The Labute approximate surface area is 98.3 Å². The molecule has 0 saturated carbocycles. The number of aryl methyl sites for hydroxylation is 1. The number of aromatic nitrogens is 2. The molecule has 0 aliphatic carbocycles. The van der Waals surface area contributed by atoms with Crippen LogP contribution in [0.1, 0.15) is 10.6 Å². The predicted octanol–water partition coefficient (Wildman–Crippen LogP) is 2.36. The molecule has 0 radical (unpaired) electrons. The summed E-state index contributed by atoms with van der Waals surface area (Å²) in [7, 11) is 1.88. The Kier molecular flexibility index (Phi) is 3.48. The summed E-state index contributed by atoms with van der Waals surface area (Å²) >= 11 is 1.45. The lowest BCUT2D eigenvalue weighted by atomic mass is 10.2. The van der Waals surface area contributed by atoms with Crippen molar-refractivity contribution >= 4 is 11.3 Å². The smallest absolute Gasteiger partial charge is 0.299 e. The zero-order valence-electron chi connectivity index (χ0n) is 9.23. The van der Waals surface area contributed by atoms with Crippen LogP contribution in [0.2, 0.25) is 0 Å². The van der Waals surface area contributed by atoms with Crippen LogP contribution >= 0.6 is 11.3 Å². The largest absolute Gasteiger partial charge is 0.430 e. The third-order valence-corrected chi connectivity index (χ3v) is 2.80. The molecule has 1 aromatic carbocycles. The first-order valence-corrected chi connectivity index (χ1v) is 5.81. The fourth-order valence-electron chi connectivity index (χ4n) is 1.21. The first-order chi connectivity index (χ1) is 7.78. The van der Waals surface area contributed by atoms with Crippen molar-refractivity contribution in [3.8, 4) is 10.9 Å². The summed E-state index contributed by atoms with van der Waals surface area (Å²) in [5.41, 5.74) is 1.21. The molecule has 0 atom stereocenters. The van der Waals surface area contributed by atoms with Gasteiger partial charge in [-0.3, -0.25) is 0 Å². The standard InChI is InChI=1S/C11H13N3OS/c1-8-3-5-9(6-4-8)15-11-14-13-10(16-11)7-12-2/h3-6,12H,7H2,1-2H3. The average Bonchev–Trinajstić information content (AvgIpc) is 2.70. The summed E-state index contributed by atoms with van der Waals surface area (Å²) < 4.78 is 5.58. The van der Waals surface area contributed by atoms with Crippen LogP contribution in [0, 0.1) is 6.92 Å². The fourth-order valence-corrected chi connectivity index (χ4v) is 1.93. The molecular weight excluding hydrogens is 222 g/mol. The number of rotatable bonds is 4. The third kappa shape index (κ3) is 2.77. The molecule has 0 aliphatic heterocycles. The van der Waals surface area contributed by atoms with E-state index in [-0.39, 0.29) is 0 Å². The summed E-state index contributed by atoms with van der Waals surface area (Å²) in [6, 6.07) is 7.86. The van der Waals surface area contributed by atoms with Gasteiger partial charge in [-0.05, 0) is 26.1 Å². The normalized spacial score (nSPS) is 10.4. The molecule has 0 aliphatic rings. The molecule has 1 aromatic heterocycles. The molecular formula is C11H13N3OS. The van der Waals surface area contributed by atoms with Gasteiger partial charge >= 0.3 is 0 Å². The van der Waals surface area contributed by atoms with Gasteiger partial charge in [-0.25, -0.2) is 0 Å². The van der Waals surface area contributed by atoms with Gasteiger partial charge in [0, 0.05) is 6.54 Å². The number of hydrogen-bond acceptors (Lipinski definition) is 5. The number of benzene rings is 1. The Hall–Kier alpha value is -1.46.